The van der Waals surface area contributed by atoms with Crippen molar-refractivity contribution in [3.63, 3.8) is 0 Å². The Morgan fingerprint density at radius 2 is 1.92 bits per heavy atom. The lowest BCUT2D eigenvalue weighted by Crippen LogP contribution is -2.32. The summed E-state index contributed by atoms with van der Waals surface area (Å²) in [5, 5.41) is 7.30. The number of rotatable bonds is 5. The van der Waals surface area contributed by atoms with Crippen LogP contribution >= 0.6 is 0 Å². The normalized spacial score (nSPS) is 12.1. The molecule has 24 heavy (non-hydrogen) atoms. The second kappa shape index (κ2) is 6.70. The molecule has 3 aromatic rings. The zero-order chi connectivity index (χ0) is 17.1. The van der Waals surface area contributed by atoms with Crippen LogP contribution in [0.25, 0.3) is 11.5 Å². The number of nitrogens with zero attached hydrogens (tertiary/aromatic N) is 3. The Labute approximate surface area is 139 Å². The first-order chi connectivity index (χ1) is 11.6. The summed E-state index contributed by atoms with van der Waals surface area (Å²) in [5.74, 6) is 0.122. The number of halogens is 1. The van der Waals surface area contributed by atoms with Crippen LogP contribution in [0.4, 0.5) is 4.39 Å². The number of nitrogens with one attached hydrogen (secondary N) is 1. The summed E-state index contributed by atoms with van der Waals surface area (Å²) in [4.78, 5) is 12.6. The lowest BCUT2D eigenvalue weighted by atomic mass is 10.2. The highest BCUT2D eigenvalue weighted by Crippen LogP contribution is 2.20. The SMILES string of the molecule is CC[C@H](C)NC(=O)c1cnn(-c2ccc(F)cc2)c1-n1cccc1. The average Bonchev–Trinajstić information content (AvgIpc) is 3.24. The molecule has 1 N–H and O–H groups in total. The van der Waals surface area contributed by atoms with Crippen LogP contribution in [-0.2, 0) is 0 Å². The number of benzene rings is 1. The van der Waals surface area contributed by atoms with Gasteiger partial charge in [0.15, 0.2) is 5.82 Å². The van der Waals surface area contributed by atoms with Crippen molar-refractivity contribution in [2.45, 2.75) is 26.3 Å². The summed E-state index contributed by atoms with van der Waals surface area (Å²) < 4.78 is 16.6. The van der Waals surface area contributed by atoms with Gasteiger partial charge in [0, 0.05) is 18.4 Å². The molecular weight excluding hydrogens is 307 g/mol. The molecule has 2 heterocycles. The smallest absolute Gasteiger partial charge is 0.256 e. The van der Waals surface area contributed by atoms with Crippen LogP contribution in [0, 0.1) is 5.82 Å². The molecule has 0 aliphatic carbocycles. The molecule has 0 aliphatic rings. The number of carbonyl (C=O) groups excluding carboxylic acids is 1. The molecule has 1 amide bonds. The molecule has 1 atom stereocenters. The molecule has 0 saturated carbocycles. The zero-order valence-electron chi connectivity index (χ0n) is 13.6. The minimum absolute atomic E-state index is 0.0733. The van der Waals surface area contributed by atoms with Gasteiger partial charge in [-0.3, -0.25) is 4.79 Å². The lowest BCUT2D eigenvalue weighted by Gasteiger charge is -2.13. The number of hydrogen-bond acceptors (Lipinski definition) is 2. The van der Waals surface area contributed by atoms with Crippen LogP contribution in [-0.4, -0.2) is 26.3 Å². The lowest BCUT2D eigenvalue weighted by molar-refractivity contribution is 0.0939. The number of aromatic nitrogens is 3. The summed E-state index contributed by atoms with van der Waals surface area (Å²) in [5.41, 5.74) is 1.15. The predicted octanol–water partition coefficient (Wildman–Crippen LogP) is 3.33. The second-order valence-corrected chi connectivity index (χ2v) is 5.64. The Morgan fingerprint density at radius 1 is 1.25 bits per heavy atom. The van der Waals surface area contributed by atoms with E-state index in [2.05, 4.69) is 10.4 Å². The Bertz CT molecular complexity index is 821. The van der Waals surface area contributed by atoms with Crippen molar-refractivity contribution in [3.05, 3.63) is 66.4 Å². The van der Waals surface area contributed by atoms with Gasteiger partial charge in [-0.05, 0) is 49.7 Å². The molecule has 2 aromatic heterocycles. The third-order valence-corrected chi connectivity index (χ3v) is 3.90. The van der Waals surface area contributed by atoms with Gasteiger partial charge in [0.1, 0.15) is 11.4 Å². The fraction of sp³-hybridized carbons (Fsp3) is 0.222. The number of carbonyl (C=O) groups is 1. The van der Waals surface area contributed by atoms with Crippen molar-refractivity contribution in [1.29, 1.82) is 0 Å². The van der Waals surface area contributed by atoms with E-state index in [0.717, 1.165) is 6.42 Å². The molecule has 6 heteroatoms. The molecule has 0 aliphatic heterocycles. The van der Waals surface area contributed by atoms with Crippen LogP contribution < -0.4 is 5.32 Å². The van der Waals surface area contributed by atoms with Crippen molar-refractivity contribution in [2.24, 2.45) is 0 Å². The quantitative estimate of drug-likeness (QED) is 0.782. The van der Waals surface area contributed by atoms with Gasteiger partial charge in [-0.2, -0.15) is 5.10 Å². The van der Waals surface area contributed by atoms with Gasteiger partial charge in [0.25, 0.3) is 5.91 Å². The second-order valence-electron chi connectivity index (χ2n) is 5.64. The Hall–Kier alpha value is -2.89. The molecule has 3 rings (SSSR count). The van der Waals surface area contributed by atoms with Gasteiger partial charge in [0.2, 0.25) is 0 Å². The maximum atomic E-state index is 13.2. The van der Waals surface area contributed by atoms with Crippen molar-refractivity contribution in [3.8, 4) is 11.5 Å². The van der Waals surface area contributed by atoms with E-state index in [1.54, 1.807) is 16.8 Å². The first kappa shape index (κ1) is 16.0. The molecule has 5 nitrogen and oxygen atoms in total. The first-order valence-electron chi connectivity index (χ1n) is 7.88. The Kier molecular flexibility index (Phi) is 4.46. The van der Waals surface area contributed by atoms with Gasteiger partial charge in [0.05, 0.1) is 11.9 Å². The van der Waals surface area contributed by atoms with Crippen LogP contribution in [0.5, 0.6) is 0 Å². The molecule has 0 radical (unpaired) electrons. The summed E-state index contributed by atoms with van der Waals surface area (Å²) in [6.45, 7) is 3.97. The molecular formula is C18H19FN4O. The minimum Gasteiger partial charge on any atom is -0.349 e. The maximum Gasteiger partial charge on any atom is 0.256 e. The molecule has 0 spiro atoms. The van der Waals surface area contributed by atoms with E-state index in [1.165, 1.54) is 18.3 Å². The zero-order valence-corrected chi connectivity index (χ0v) is 13.6. The monoisotopic (exact) mass is 326 g/mol. The van der Waals surface area contributed by atoms with Crippen LogP contribution in [0.1, 0.15) is 30.6 Å². The van der Waals surface area contributed by atoms with E-state index >= 15 is 0 Å². The molecule has 0 saturated heterocycles. The van der Waals surface area contributed by atoms with Crippen LogP contribution in [0.2, 0.25) is 0 Å². The Morgan fingerprint density at radius 3 is 2.54 bits per heavy atom. The van der Waals surface area contributed by atoms with Gasteiger partial charge in [-0.25, -0.2) is 9.07 Å². The summed E-state index contributed by atoms with van der Waals surface area (Å²) in [6, 6.07) is 9.82. The third kappa shape index (κ3) is 3.08. The van der Waals surface area contributed by atoms with Crippen LogP contribution in [0.15, 0.2) is 55.0 Å². The minimum atomic E-state index is -0.317. The van der Waals surface area contributed by atoms with Gasteiger partial charge >= 0.3 is 0 Å². The van der Waals surface area contributed by atoms with Gasteiger partial charge < -0.3 is 9.88 Å². The van der Waals surface area contributed by atoms with Crippen molar-refractivity contribution in [1.82, 2.24) is 19.7 Å². The van der Waals surface area contributed by atoms with Gasteiger partial charge in [-0.15, -0.1) is 0 Å². The highest BCUT2D eigenvalue weighted by Gasteiger charge is 2.20. The van der Waals surface area contributed by atoms with E-state index in [0.29, 0.717) is 17.1 Å². The fourth-order valence-electron chi connectivity index (χ4n) is 2.40. The predicted molar refractivity (Wildman–Crippen MR) is 90.1 cm³/mol. The van der Waals surface area contributed by atoms with Gasteiger partial charge in [-0.1, -0.05) is 6.92 Å². The topological polar surface area (TPSA) is 51.9 Å². The largest absolute Gasteiger partial charge is 0.349 e. The average molecular weight is 326 g/mol. The Balaban J connectivity index is 2.08. The molecule has 0 bridgehead atoms. The van der Waals surface area contributed by atoms with Crippen molar-refractivity contribution < 1.29 is 9.18 Å². The van der Waals surface area contributed by atoms with E-state index in [-0.39, 0.29) is 17.8 Å². The standard InChI is InChI=1S/C18H19FN4O/c1-3-13(2)21-17(24)16-12-20-23(15-8-6-14(19)7-9-15)18(16)22-10-4-5-11-22/h4-13H,3H2,1-2H3,(H,21,24)/t13-/m0/s1. The first-order valence-corrected chi connectivity index (χ1v) is 7.88. The summed E-state index contributed by atoms with van der Waals surface area (Å²) in [7, 11) is 0. The van der Waals surface area contributed by atoms with E-state index in [9.17, 15) is 9.18 Å². The number of hydrogen-bond donors (Lipinski definition) is 1. The third-order valence-electron chi connectivity index (χ3n) is 3.90. The maximum absolute atomic E-state index is 13.2. The van der Waals surface area contributed by atoms with E-state index < -0.39 is 0 Å². The molecule has 124 valence electrons. The summed E-state index contributed by atoms with van der Waals surface area (Å²) in [6.07, 6.45) is 6.07. The van der Waals surface area contributed by atoms with Crippen molar-refractivity contribution in [2.75, 3.05) is 0 Å². The highest BCUT2D eigenvalue weighted by atomic mass is 19.1. The number of amides is 1. The molecule has 0 unspecified atom stereocenters. The highest BCUT2D eigenvalue weighted by molar-refractivity contribution is 5.97. The van der Waals surface area contributed by atoms with Crippen molar-refractivity contribution >= 4 is 5.91 Å². The summed E-state index contributed by atoms with van der Waals surface area (Å²) >= 11 is 0. The van der Waals surface area contributed by atoms with E-state index in [4.69, 9.17) is 0 Å². The van der Waals surface area contributed by atoms with E-state index in [1.807, 2.05) is 42.9 Å². The fourth-order valence-corrected chi connectivity index (χ4v) is 2.40. The molecule has 0 fully saturated rings. The van der Waals surface area contributed by atoms with Crippen LogP contribution in [0.3, 0.4) is 0 Å². The molecule has 1 aromatic carbocycles.